The highest BCUT2D eigenvalue weighted by atomic mass is 32.2. The minimum atomic E-state index is -0.512. The SMILES string of the molecule is CC(C(=O)Nc1ccc(NC(=O)c2ccccc2Sc2ccccc2C#N)cc1)n1cncn1. The third-order valence-electron chi connectivity index (χ3n) is 4.98. The molecule has 0 fully saturated rings. The summed E-state index contributed by atoms with van der Waals surface area (Å²) in [4.78, 5) is 30.8. The molecule has 0 saturated heterocycles. The first-order valence-electron chi connectivity index (χ1n) is 10.4. The van der Waals surface area contributed by atoms with Gasteiger partial charge in [0.1, 0.15) is 24.8 Å². The number of carbonyl (C=O) groups is 2. The van der Waals surface area contributed by atoms with E-state index >= 15 is 0 Å². The largest absolute Gasteiger partial charge is 0.324 e. The molecule has 0 saturated carbocycles. The van der Waals surface area contributed by atoms with Crippen molar-refractivity contribution in [1.82, 2.24) is 14.8 Å². The molecular weight excluding hydrogens is 448 g/mol. The Hall–Kier alpha value is -4.42. The second-order valence-corrected chi connectivity index (χ2v) is 8.36. The lowest BCUT2D eigenvalue weighted by molar-refractivity contribution is -0.119. The summed E-state index contributed by atoms with van der Waals surface area (Å²) in [5, 5.41) is 19.0. The Morgan fingerprint density at radius 3 is 2.26 bits per heavy atom. The first-order chi connectivity index (χ1) is 16.5. The van der Waals surface area contributed by atoms with E-state index in [9.17, 15) is 14.9 Å². The molecule has 0 aliphatic carbocycles. The monoisotopic (exact) mass is 468 g/mol. The van der Waals surface area contributed by atoms with E-state index in [-0.39, 0.29) is 11.8 Å². The van der Waals surface area contributed by atoms with Crippen molar-refractivity contribution in [3.8, 4) is 6.07 Å². The Bertz CT molecular complexity index is 1350. The topological polar surface area (TPSA) is 113 Å². The Balaban J connectivity index is 1.43. The van der Waals surface area contributed by atoms with Gasteiger partial charge in [0.05, 0.1) is 11.1 Å². The molecule has 0 aliphatic heterocycles. The summed E-state index contributed by atoms with van der Waals surface area (Å²) in [5.74, 6) is -0.500. The highest BCUT2D eigenvalue weighted by molar-refractivity contribution is 7.99. The maximum atomic E-state index is 13.0. The third-order valence-corrected chi connectivity index (χ3v) is 6.13. The Morgan fingerprint density at radius 1 is 0.941 bits per heavy atom. The molecule has 168 valence electrons. The number of nitrogens with one attached hydrogen (secondary N) is 2. The van der Waals surface area contributed by atoms with Gasteiger partial charge in [-0.3, -0.25) is 9.59 Å². The number of hydrogen-bond acceptors (Lipinski definition) is 6. The molecule has 4 rings (SSSR count). The van der Waals surface area contributed by atoms with E-state index in [2.05, 4.69) is 26.8 Å². The van der Waals surface area contributed by atoms with Crippen LogP contribution in [-0.2, 0) is 4.79 Å². The maximum absolute atomic E-state index is 13.0. The molecule has 0 aliphatic rings. The number of benzene rings is 3. The lowest BCUT2D eigenvalue weighted by atomic mass is 10.2. The molecule has 3 aromatic carbocycles. The minimum Gasteiger partial charge on any atom is -0.324 e. The summed E-state index contributed by atoms with van der Waals surface area (Å²) in [6.07, 6.45) is 2.86. The Kier molecular flexibility index (Phi) is 7.01. The molecule has 2 N–H and O–H groups in total. The molecule has 1 heterocycles. The van der Waals surface area contributed by atoms with Crippen LogP contribution in [0.1, 0.15) is 28.9 Å². The molecule has 0 radical (unpaired) electrons. The van der Waals surface area contributed by atoms with Crippen LogP contribution < -0.4 is 10.6 Å². The van der Waals surface area contributed by atoms with Crippen LogP contribution in [0, 0.1) is 11.3 Å². The summed E-state index contributed by atoms with van der Waals surface area (Å²) in [6, 6.07) is 23.0. The molecule has 0 spiro atoms. The number of nitrogens with zero attached hydrogens (tertiary/aromatic N) is 4. The third kappa shape index (κ3) is 5.31. The summed E-state index contributed by atoms with van der Waals surface area (Å²) in [6.45, 7) is 1.73. The van der Waals surface area contributed by atoms with Gasteiger partial charge < -0.3 is 10.6 Å². The first-order valence-corrected chi connectivity index (χ1v) is 11.2. The Morgan fingerprint density at radius 2 is 1.59 bits per heavy atom. The molecular formula is C25H20N6O2S. The number of carbonyl (C=O) groups excluding carboxylic acids is 2. The van der Waals surface area contributed by atoms with Gasteiger partial charge in [-0.1, -0.05) is 36.0 Å². The molecule has 0 bridgehead atoms. The van der Waals surface area contributed by atoms with Gasteiger partial charge in [-0.2, -0.15) is 10.4 Å². The standard InChI is InChI=1S/C25H20N6O2S/c1-17(31-16-27-15-28-31)24(32)29-19-10-12-20(13-11-19)30-25(33)21-7-3-5-9-23(21)34-22-8-4-2-6-18(22)14-26/h2-13,15-17H,1H3,(H,29,32)(H,30,33). The summed E-state index contributed by atoms with van der Waals surface area (Å²) in [7, 11) is 0. The fraction of sp³-hybridized carbons (Fsp3) is 0.0800. The maximum Gasteiger partial charge on any atom is 0.256 e. The van der Waals surface area contributed by atoms with Crippen molar-refractivity contribution >= 4 is 35.0 Å². The van der Waals surface area contributed by atoms with E-state index < -0.39 is 6.04 Å². The van der Waals surface area contributed by atoms with Crippen LogP contribution in [0.5, 0.6) is 0 Å². The van der Waals surface area contributed by atoms with Crippen molar-refractivity contribution < 1.29 is 9.59 Å². The zero-order chi connectivity index (χ0) is 23.9. The minimum absolute atomic E-state index is 0.231. The molecule has 4 aromatic rings. The number of nitriles is 1. The molecule has 1 atom stereocenters. The van der Waals surface area contributed by atoms with E-state index in [1.165, 1.54) is 29.1 Å². The zero-order valence-electron chi connectivity index (χ0n) is 18.2. The van der Waals surface area contributed by atoms with Gasteiger partial charge in [0.25, 0.3) is 5.91 Å². The lowest BCUT2D eigenvalue weighted by Crippen LogP contribution is -2.24. The van der Waals surface area contributed by atoms with Gasteiger partial charge in [-0.25, -0.2) is 9.67 Å². The molecule has 1 aromatic heterocycles. The highest BCUT2D eigenvalue weighted by Gasteiger charge is 2.16. The van der Waals surface area contributed by atoms with Gasteiger partial charge in [0, 0.05) is 21.2 Å². The van der Waals surface area contributed by atoms with Crippen LogP contribution in [0.2, 0.25) is 0 Å². The zero-order valence-corrected chi connectivity index (χ0v) is 19.0. The van der Waals surface area contributed by atoms with Crippen molar-refractivity contribution in [1.29, 1.82) is 5.26 Å². The van der Waals surface area contributed by atoms with Gasteiger partial charge in [0.15, 0.2) is 0 Å². The van der Waals surface area contributed by atoms with Crippen LogP contribution >= 0.6 is 11.8 Å². The van der Waals surface area contributed by atoms with Crippen molar-refractivity contribution in [3.05, 3.63) is 96.6 Å². The number of aromatic nitrogens is 3. The van der Waals surface area contributed by atoms with Gasteiger partial charge in [0.2, 0.25) is 5.91 Å². The van der Waals surface area contributed by atoms with Crippen LogP contribution in [0.15, 0.2) is 95.2 Å². The number of hydrogen-bond donors (Lipinski definition) is 2. The smallest absolute Gasteiger partial charge is 0.256 e. The lowest BCUT2D eigenvalue weighted by Gasteiger charge is -2.13. The normalized spacial score (nSPS) is 11.3. The van der Waals surface area contributed by atoms with E-state index in [0.29, 0.717) is 22.5 Å². The summed E-state index contributed by atoms with van der Waals surface area (Å²) >= 11 is 1.37. The second kappa shape index (κ2) is 10.5. The van der Waals surface area contributed by atoms with Crippen molar-refractivity contribution in [2.24, 2.45) is 0 Å². The predicted molar refractivity (Wildman–Crippen MR) is 129 cm³/mol. The predicted octanol–water partition coefficient (Wildman–Crippen LogP) is 4.75. The fourth-order valence-corrected chi connectivity index (χ4v) is 4.15. The molecule has 2 amide bonds. The van der Waals surface area contributed by atoms with Crippen LogP contribution in [0.4, 0.5) is 11.4 Å². The van der Waals surface area contributed by atoms with E-state index in [0.717, 1.165) is 9.79 Å². The van der Waals surface area contributed by atoms with Crippen LogP contribution in [-0.4, -0.2) is 26.6 Å². The Labute approximate surface area is 200 Å². The molecule has 34 heavy (non-hydrogen) atoms. The number of anilines is 2. The van der Waals surface area contributed by atoms with Crippen LogP contribution in [0.3, 0.4) is 0 Å². The van der Waals surface area contributed by atoms with Gasteiger partial charge >= 0.3 is 0 Å². The quantitative estimate of drug-likeness (QED) is 0.405. The summed E-state index contributed by atoms with van der Waals surface area (Å²) in [5.41, 5.74) is 2.24. The van der Waals surface area contributed by atoms with Gasteiger partial charge in [-0.05, 0) is 55.5 Å². The summed E-state index contributed by atoms with van der Waals surface area (Å²) < 4.78 is 1.47. The van der Waals surface area contributed by atoms with Crippen molar-refractivity contribution in [2.75, 3.05) is 10.6 Å². The molecule has 8 nitrogen and oxygen atoms in total. The fourth-order valence-electron chi connectivity index (χ4n) is 3.13. The number of rotatable bonds is 7. The second-order valence-electron chi connectivity index (χ2n) is 7.28. The number of amides is 2. The molecule has 1 unspecified atom stereocenters. The van der Waals surface area contributed by atoms with Crippen molar-refractivity contribution in [3.63, 3.8) is 0 Å². The van der Waals surface area contributed by atoms with E-state index in [1.807, 2.05) is 30.3 Å². The van der Waals surface area contributed by atoms with E-state index in [4.69, 9.17) is 0 Å². The average molecular weight is 469 g/mol. The highest BCUT2D eigenvalue weighted by Crippen LogP contribution is 2.33. The van der Waals surface area contributed by atoms with E-state index in [1.54, 1.807) is 49.4 Å². The van der Waals surface area contributed by atoms with Crippen molar-refractivity contribution in [2.45, 2.75) is 22.8 Å². The average Bonchev–Trinajstić information content (AvgIpc) is 3.40. The first kappa shape index (κ1) is 22.8. The molecule has 9 heteroatoms. The van der Waals surface area contributed by atoms with Gasteiger partial charge in [-0.15, -0.1) is 0 Å². The van der Waals surface area contributed by atoms with Crippen LogP contribution in [0.25, 0.3) is 0 Å².